The van der Waals surface area contributed by atoms with Crippen molar-refractivity contribution in [1.82, 2.24) is 0 Å². The Labute approximate surface area is 134 Å². The molecule has 0 bridgehead atoms. The highest BCUT2D eigenvalue weighted by Crippen LogP contribution is 2.21. The van der Waals surface area contributed by atoms with E-state index in [1.54, 1.807) is 25.1 Å². The fourth-order valence-corrected chi connectivity index (χ4v) is 2.68. The number of carbonyl (C=O) groups excluding carboxylic acids is 1. The van der Waals surface area contributed by atoms with Crippen LogP contribution in [0.15, 0.2) is 53.7 Å². The Hall–Kier alpha value is -2.21. The lowest BCUT2D eigenvalue weighted by Gasteiger charge is -2.14. The molecule has 0 saturated heterocycles. The van der Waals surface area contributed by atoms with Gasteiger partial charge >= 0.3 is 0 Å². The number of hydrogen-bond donors (Lipinski definition) is 1. The Morgan fingerprint density at radius 1 is 1.23 bits per heavy atom. The number of carbonyl (C=O) groups is 1. The molecule has 1 heterocycles. The second-order valence-corrected chi connectivity index (χ2v) is 6.42. The van der Waals surface area contributed by atoms with Gasteiger partial charge in [0.15, 0.2) is 6.20 Å². The molecule has 0 aliphatic carbocycles. The average molecular weight is 317 g/mol. The van der Waals surface area contributed by atoms with Gasteiger partial charge in [0.2, 0.25) is 5.91 Å². The maximum Gasteiger partial charge on any atom is 0.252 e. The molecule has 1 amide bonds. The predicted molar refractivity (Wildman–Crippen MR) is 90.1 cm³/mol. The summed E-state index contributed by atoms with van der Waals surface area (Å²) < 4.78 is 0.764. The van der Waals surface area contributed by atoms with Gasteiger partial charge in [-0.15, -0.1) is 0 Å². The van der Waals surface area contributed by atoms with Crippen LogP contribution in [0, 0.1) is 5.21 Å². The number of thioether (sulfide) groups is 1. The van der Waals surface area contributed by atoms with E-state index in [-0.39, 0.29) is 11.2 Å². The Morgan fingerprint density at radius 2 is 1.91 bits per heavy atom. The molecule has 2 aromatic rings. The second-order valence-electron chi connectivity index (χ2n) is 5.06. The molecule has 0 spiro atoms. The monoisotopic (exact) mass is 317 g/mol. The van der Waals surface area contributed by atoms with Gasteiger partial charge in [-0.1, -0.05) is 0 Å². The lowest BCUT2D eigenvalue weighted by atomic mass is 10.2. The summed E-state index contributed by atoms with van der Waals surface area (Å²) in [5.74, 6) is -0.133. The van der Waals surface area contributed by atoms with Crippen LogP contribution in [0.25, 0.3) is 0 Å². The van der Waals surface area contributed by atoms with E-state index < -0.39 is 0 Å². The van der Waals surface area contributed by atoms with Gasteiger partial charge in [0, 0.05) is 37.6 Å². The first-order chi connectivity index (χ1) is 10.5. The Bertz CT molecular complexity index is 644. The van der Waals surface area contributed by atoms with Gasteiger partial charge in [-0.25, -0.2) is 0 Å². The first kappa shape index (κ1) is 16.2. The molecule has 116 valence electrons. The molecule has 0 radical (unpaired) electrons. The van der Waals surface area contributed by atoms with E-state index in [0.29, 0.717) is 5.03 Å². The highest BCUT2D eigenvalue weighted by molar-refractivity contribution is 8.00. The highest BCUT2D eigenvalue weighted by atomic mass is 32.2. The SMILES string of the molecule is CC(Sc1cccc[n+]1[O-])C(=O)Nc1ccc(N(C)C)cc1. The molecular weight excluding hydrogens is 298 g/mol. The molecule has 1 atom stereocenters. The number of anilines is 2. The summed E-state index contributed by atoms with van der Waals surface area (Å²) in [6, 6.07) is 12.7. The second kappa shape index (κ2) is 7.17. The fourth-order valence-electron chi connectivity index (χ4n) is 1.83. The summed E-state index contributed by atoms with van der Waals surface area (Å²) in [7, 11) is 3.93. The molecule has 0 aliphatic heterocycles. The summed E-state index contributed by atoms with van der Waals surface area (Å²) in [4.78, 5) is 14.2. The van der Waals surface area contributed by atoms with Crippen LogP contribution in [-0.2, 0) is 4.79 Å². The maximum absolute atomic E-state index is 12.2. The van der Waals surface area contributed by atoms with Crippen LogP contribution in [0.1, 0.15) is 6.92 Å². The topological polar surface area (TPSA) is 59.3 Å². The van der Waals surface area contributed by atoms with E-state index in [1.165, 1.54) is 18.0 Å². The number of rotatable bonds is 5. The number of aromatic nitrogens is 1. The number of benzene rings is 1. The first-order valence-corrected chi connectivity index (χ1v) is 7.78. The van der Waals surface area contributed by atoms with Crippen molar-refractivity contribution in [2.45, 2.75) is 17.2 Å². The van der Waals surface area contributed by atoms with Crippen molar-refractivity contribution in [3.05, 3.63) is 53.9 Å². The van der Waals surface area contributed by atoms with E-state index in [0.717, 1.165) is 16.1 Å². The van der Waals surface area contributed by atoms with Gasteiger partial charge in [0.05, 0.1) is 5.25 Å². The molecule has 1 unspecified atom stereocenters. The molecular formula is C16H19N3O2S. The smallest absolute Gasteiger partial charge is 0.252 e. The number of amides is 1. The minimum Gasteiger partial charge on any atom is -0.618 e. The van der Waals surface area contributed by atoms with Crippen LogP contribution in [-0.4, -0.2) is 25.3 Å². The third-order valence-corrected chi connectivity index (χ3v) is 4.23. The lowest BCUT2D eigenvalue weighted by molar-refractivity contribution is -0.645. The standard InChI is InChI=1S/C16H19N3O2S/c1-12(22-15-6-4-5-11-19(15)21)16(20)17-13-7-9-14(10-8-13)18(2)3/h4-12H,1-3H3,(H,17,20). The van der Waals surface area contributed by atoms with Gasteiger partial charge in [-0.3, -0.25) is 4.79 Å². The number of pyridine rings is 1. The normalized spacial score (nSPS) is 11.8. The maximum atomic E-state index is 12.2. The third kappa shape index (κ3) is 4.14. The van der Waals surface area contributed by atoms with Gasteiger partial charge in [-0.05, 0) is 49.0 Å². The molecule has 1 aromatic heterocycles. The molecule has 1 aromatic carbocycles. The van der Waals surface area contributed by atoms with Crippen LogP contribution in [0.2, 0.25) is 0 Å². The zero-order chi connectivity index (χ0) is 16.1. The summed E-state index contributed by atoms with van der Waals surface area (Å²) in [5, 5.41) is 14.6. The van der Waals surface area contributed by atoms with Crippen molar-refractivity contribution in [2.75, 3.05) is 24.3 Å². The molecule has 22 heavy (non-hydrogen) atoms. The fraction of sp³-hybridized carbons (Fsp3) is 0.250. The van der Waals surface area contributed by atoms with Crippen molar-refractivity contribution in [2.24, 2.45) is 0 Å². The van der Waals surface area contributed by atoms with Crippen LogP contribution in [0.5, 0.6) is 0 Å². The van der Waals surface area contributed by atoms with Crippen molar-refractivity contribution >= 4 is 29.0 Å². The first-order valence-electron chi connectivity index (χ1n) is 6.90. The highest BCUT2D eigenvalue weighted by Gasteiger charge is 2.18. The van der Waals surface area contributed by atoms with Crippen LogP contribution >= 0.6 is 11.8 Å². The van der Waals surface area contributed by atoms with Gasteiger partial charge in [0.25, 0.3) is 5.03 Å². The minimum absolute atomic E-state index is 0.133. The number of hydrogen-bond acceptors (Lipinski definition) is 4. The number of nitrogens with one attached hydrogen (secondary N) is 1. The average Bonchev–Trinajstić information content (AvgIpc) is 2.50. The molecule has 0 saturated carbocycles. The summed E-state index contributed by atoms with van der Waals surface area (Å²) in [5.41, 5.74) is 1.81. The zero-order valence-electron chi connectivity index (χ0n) is 12.8. The van der Waals surface area contributed by atoms with E-state index in [1.807, 2.05) is 43.3 Å². The quantitative estimate of drug-likeness (QED) is 0.523. The molecule has 2 rings (SSSR count). The van der Waals surface area contributed by atoms with Crippen molar-refractivity contribution in [1.29, 1.82) is 0 Å². The van der Waals surface area contributed by atoms with E-state index >= 15 is 0 Å². The summed E-state index contributed by atoms with van der Waals surface area (Å²) in [6.07, 6.45) is 1.42. The third-order valence-electron chi connectivity index (χ3n) is 3.11. The van der Waals surface area contributed by atoms with Crippen molar-refractivity contribution in [3.63, 3.8) is 0 Å². The lowest BCUT2D eigenvalue weighted by Crippen LogP contribution is -2.30. The van der Waals surface area contributed by atoms with Crippen LogP contribution < -0.4 is 14.9 Å². The predicted octanol–water partition coefficient (Wildman–Crippen LogP) is 2.51. The van der Waals surface area contributed by atoms with E-state index in [2.05, 4.69) is 5.32 Å². The van der Waals surface area contributed by atoms with Crippen LogP contribution in [0.4, 0.5) is 11.4 Å². The number of nitrogens with zero attached hydrogens (tertiary/aromatic N) is 2. The minimum atomic E-state index is -0.365. The van der Waals surface area contributed by atoms with Gasteiger partial charge in [-0.2, -0.15) is 4.73 Å². The summed E-state index contributed by atoms with van der Waals surface area (Å²) in [6.45, 7) is 1.78. The van der Waals surface area contributed by atoms with Crippen LogP contribution in [0.3, 0.4) is 0 Å². The summed E-state index contributed by atoms with van der Waals surface area (Å²) >= 11 is 1.24. The molecule has 0 aliphatic rings. The molecule has 1 N–H and O–H groups in total. The molecule has 5 nitrogen and oxygen atoms in total. The van der Waals surface area contributed by atoms with E-state index in [4.69, 9.17) is 0 Å². The van der Waals surface area contributed by atoms with E-state index in [9.17, 15) is 10.0 Å². The van der Waals surface area contributed by atoms with Gasteiger partial charge in [0.1, 0.15) is 0 Å². The van der Waals surface area contributed by atoms with Crippen molar-refractivity contribution in [3.8, 4) is 0 Å². The molecule has 6 heteroatoms. The molecule has 0 fully saturated rings. The Kier molecular flexibility index (Phi) is 5.27. The van der Waals surface area contributed by atoms with Crippen molar-refractivity contribution < 1.29 is 9.52 Å². The largest absolute Gasteiger partial charge is 0.618 e. The Balaban J connectivity index is 1.98. The zero-order valence-corrected chi connectivity index (χ0v) is 13.6. The van der Waals surface area contributed by atoms with Gasteiger partial charge < -0.3 is 15.4 Å². The Morgan fingerprint density at radius 3 is 2.50 bits per heavy atom.